The minimum absolute atomic E-state index is 0.175. The highest BCUT2D eigenvalue weighted by atomic mass is 32.2. The van der Waals surface area contributed by atoms with Crippen molar-refractivity contribution in [2.45, 2.75) is 32.7 Å². The van der Waals surface area contributed by atoms with Gasteiger partial charge in [-0.2, -0.15) is 0 Å². The van der Waals surface area contributed by atoms with Crippen LogP contribution in [0.25, 0.3) is 0 Å². The zero-order valence-corrected chi connectivity index (χ0v) is 13.3. The summed E-state index contributed by atoms with van der Waals surface area (Å²) in [6, 6.07) is 0.254. The van der Waals surface area contributed by atoms with Gasteiger partial charge in [0, 0.05) is 25.7 Å². The molecule has 1 fully saturated rings. The largest absolute Gasteiger partial charge is 0.409 e. The molecule has 0 aromatic heterocycles. The van der Waals surface area contributed by atoms with Crippen LogP contribution in [0.5, 0.6) is 0 Å². The molecule has 20 heavy (non-hydrogen) atoms. The number of nitrogens with zero attached hydrogens (tertiary/aromatic N) is 3. The van der Waals surface area contributed by atoms with Crippen LogP contribution in [0.3, 0.4) is 0 Å². The van der Waals surface area contributed by atoms with E-state index in [4.69, 9.17) is 10.9 Å². The van der Waals surface area contributed by atoms with Crippen molar-refractivity contribution in [2.24, 2.45) is 16.8 Å². The molecule has 8 heteroatoms. The highest BCUT2D eigenvalue weighted by Crippen LogP contribution is 2.20. The first-order chi connectivity index (χ1) is 9.24. The van der Waals surface area contributed by atoms with Gasteiger partial charge in [0.1, 0.15) is 0 Å². The highest BCUT2D eigenvalue weighted by Gasteiger charge is 2.27. The molecule has 0 amide bonds. The zero-order valence-electron chi connectivity index (χ0n) is 12.5. The maximum Gasteiger partial charge on any atom is 0.211 e. The van der Waals surface area contributed by atoms with Crippen LogP contribution in [0, 0.1) is 5.92 Å². The molecule has 7 nitrogen and oxygen atoms in total. The van der Waals surface area contributed by atoms with Crippen LogP contribution in [-0.4, -0.2) is 67.1 Å². The molecule has 1 saturated heterocycles. The first-order valence-corrected chi connectivity index (χ1v) is 8.74. The van der Waals surface area contributed by atoms with E-state index < -0.39 is 10.0 Å². The Morgan fingerprint density at radius 3 is 2.70 bits per heavy atom. The van der Waals surface area contributed by atoms with Crippen LogP contribution in [0.2, 0.25) is 0 Å². The Bertz CT molecular complexity index is 436. The minimum atomic E-state index is -3.12. The van der Waals surface area contributed by atoms with Gasteiger partial charge in [0.25, 0.3) is 0 Å². The van der Waals surface area contributed by atoms with Crippen molar-refractivity contribution in [3.8, 4) is 0 Å². The van der Waals surface area contributed by atoms with Crippen LogP contribution in [-0.2, 0) is 10.0 Å². The third kappa shape index (κ3) is 5.26. The fourth-order valence-corrected chi connectivity index (χ4v) is 3.45. The fourth-order valence-electron chi connectivity index (χ4n) is 2.51. The second-order valence-electron chi connectivity index (χ2n) is 5.74. The molecule has 1 rings (SSSR count). The summed E-state index contributed by atoms with van der Waals surface area (Å²) in [6.07, 6.45) is 3.14. The van der Waals surface area contributed by atoms with E-state index in [9.17, 15) is 8.42 Å². The van der Waals surface area contributed by atoms with Gasteiger partial charge in [-0.25, -0.2) is 12.7 Å². The maximum absolute atomic E-state index is 11.6. The molecule has 3 N–H and O–H groups in total. The lowest BCUT2D eigenvalue weighted by molar-refractivity contribution is 0.166. The number of amidine groups is 1. The van der Waals surface area contributed by atoms with Gasteiger partial charge in [0.15, 0.2) is 5.84 Å². The molecule has 1 aliphatic rings. The van der Waals surface area contributed by atoms with Crippen LogP contribution in [0.1, 0.15) is 26.7 Å². The van der Waals surface area contributed by atoms with Gasteiger partial charge in [0.05, 0.1) is 12.8 Å². The van der Waals surface area contributed by atoms with Crippen molar-refractivity contribution in [1.82, 2.24) is 9.21 Å². The lowest BCUT2D eigenvalue weighted by Crippen LogP contribution is -2.46. The Morgan fingerprint density at radius 2 is 2.20 bits per heavy atom. The Morgan fingerprint density at radius 1 is 1.55 bits per heavy atom. The summed E-state index contributed by atoms with van der Waals surface area (Å²) in [4.78, 5) is 2.10. The number of rotatable bonds is 6. The number of sulfonamides is 1. The van der Waals surface area contributed by atoms with Crippen LogP contribution >= 0.6 is 0 Å². The van der Waals surface area contributed by atoms with Gasteiger partial charge in [0.2, 0.25) is 10.0 Å². The predicted molar refractivity (Wildman–Crippen MR) is 79.3 cm³/mol. The number of hydrogen-bond acceptors (Lipinski definition) is 5. The second kappa shape index (κ2) is 7.24. The lowest BCUT2D eigenvalue weighted by Gasteiger charge is -2.35. The normalized spacial score (nSPS) is 22.6. The van der Waals surface area contributed by atoms with E-state index >= 15 is 0 Å². The Hall–Kier alpha value is -0.860. The molecule has 0 aliphatic carbocycles. The third-order valence-corrected chi connectivity index (χ3v) is 4.94. The van der Waals surface area contributed by atoms with Gasteiger partial charge in [-0.1, -0.05) is 5.16 Å². The van der Waals surface area contributed by atoms with E-state index in [-0.39, 0.29) is 17.8 Å². The van der Waals surface area contributed by atoms with Gasteiger partial charge in [-0.3, -0.25) is 4.90 Å². The van der Waals surface area contributed by atoms with E-state index in [1.165, 1.54) is 6.26 Å². The molecule has 1 unspecified atom stereocenters. The number of hydrogen-bond donors (Lipinski definition) is 2. The first-order valence-electron chi connectivity index (χ1n) is 6.89. The summed E-state index contributed by atoms with van der Waals surface area (Å²) in [6.45, 7) is 6.39. The molecule has 1 heterocycles. The number of oxime groups is 1. The summed E-state index contributed by atoms with van der Waals surface area (Å²) >= 11 is 0. The molecule has 118 valence electrons. The summed E-state index contributed by atoms with van der Waals surface area (Å²) in [5, 5.41) is 11.7. The van der Waals surface area contributed by atoms with Crippen LogP contribution in [0.15, 0.2) is 5.16 Å². The van der Waals surface area contributed by atoms with E-state index in [0.717, 1.165) is 19.4 Å². The van der Waals surface area contributed by atoms with E-state index in [0.29, 0.717) is 19.6 Å². The smallest absolute Gasteiger partial charge is 0.211 e. The molecular formula is C12H26N4O3S. The topological polar surface area (TPSA) is 99.2 Å². The van der Waals surface area contributed by atoms with Crippen molar-refractivity contribution in [3.63, 3.8) is 0 Å². The molecule has 0 aromatic carbocycles. The predicted octanol–water partition coefficient (Wildman–Crippen LogP) is 0.115. The second-order valence-corrected chi connectivity index (χ2v) is 7.73. The van der Waals surface area contributed by atoms with Gasteiger partial charge in [-0.05, 0) is 32.6 Å². The Balaban J connectivity index is 2.64. The Labute approximate surface area is 121 Å². The maximum atomic E-state index is 11.6. The standard InChI is InChI=1S/C12H26N4O3S/c1-10(2)15(9-12(13)14-17)7-11-5-4-6-16(8-11)20(3,18)19/h10-11,17H,4-9H2,1-3H3,(H2,13,14). The quantitative estimate of drug-likeness (QED) is 0.314. The summed E-state index contributed by atoms with van der Waals surface area (Å²) < 4.78 is 24.8. The molecule has 0 saturated carbocycles. The van der Waals surface area contributed by atoms with E-state index in [2.05, 4.69) is 10.1 Å². The van der Waals surface area contributed by atoms with Crippen LogP contribution < -0.4 is 5.73 Å². The third-order valence-electron chi connectivity index (χ3n) is 3.67. The summed E-state index contributed by atoms with van der Waals surface area (Å²) in [7, 11) is -3.12. The highest BCUT2D eigenvalue weighted by molar-refractivity contribution is 7.88. The summed E-state index contributed by atoms with van der Waals surface area (Å²) in [5.74, 6) is 0.460. The van der Waals surface area contributed by atoms with Crippen molar-refractivity contribution in [2.75, 3.05) is 32.4 Å². The molecule has 0 bridgehead atoms. The SMILES string of the molecule is CC(C)N(CC(N)=NO)CC1CCCN(S(C)(=O)=O)C1. The van der Waals surface area contributed by atoms with Gasteiger partial charge >= 0.3 is 0 Å². The molecule has 0 spiro atoms. The fraction of sp³-hybridized carbons (Fsp3) is 0.917. The lowest BCUT2D eigenvalue weighted by atomic mass is 9.98. The molecule has 0 radical (unpaired) electrons. The average Bonchev–Trinajstić information content (AvgIpc) is 2.37. The van der Waals surface area contributed by atoms with Crippen molar-refractivity contribution in [3.05, 3.63) is 0 Å². The van der Waals surface area contributed by atoms with E-state index in [1.54, 1.807) is 4.31 Å². The number of piperidine rings is 1. The minimum Gasteiger partial charge on any atom is -0.409 e. The number of nitrogens with two attached hydrogens (primary N) is 1. The monoisotopic (exact) mass is 306 g/mol. The van der Waals surface area contributed by atoms with Crippen LogP contribution in [0.4, 0.5) is 0 Å². The van der Waals surface area contributed by atoms with Gasteiger partial charge in [-0.15, -0.1) is 0 Å². The van der Waals surface area contributed by atoms with Crippen molar-refractivity contribution >= 4 is 15.9 Å². The molecule has 0 aromatic rings. The first kappa shape index (κ1) is 17.2. The molecule has 1 atom stereocenters. The van der Waals surface area contributed by atoms with Crippen molar-refractivity contribution < 1.29 is 13.6 Å². The summed E-state index contributed by atoms with van der Waals surface area (Å²) in [5.41, 5.74) is 5.57. The van der Waals surface area contributed by atoms with Crippen molar-refractivity contribution in [1.29, 1.82) is 0 Å². The Kier molecular flexibility index (Phi) is 6.22. The van der Waals surface area contributed by atoms with E-state index in [1.807, 2.05) is 13.8 Å². The molecular weight excluding hydrogens is 280 g/mol. The average molecular weight is 306 g/mol. The van der Waals surface area contributed by atoms with Gasteiger partial charge < -0.3 is 10.9 Å². The zero-order chi connectivity index (χ0) is 15.3. The molecule has 1 aliphatic heterocycles.